The van der Waals surface area contributed by atoms with E-state index in [4.69, 9.17) is 11.6 Å². The summed E-state index contributed by atoms with van der Waals surface area (Å²) in [6.07, 6.45) is 7.06. The summed E-state index contributed by atoms with van der Waals surface area (Å²) < 4.78 is 0. The topological polar surface area (TPSA) is 6.48 Å². The average Bonchev–Trinajstić information content (AvgIpc) is 3.48. The van der Waals surface area contributed by atoms with Crippen molar-refractivity contribution in [1.29, 1.82) is 0 Å². The van der Waals surface area contributed by atoms with E-state index in [1.54, 1.807) is 0 Å². The molecule has 5 aromatic carbocycles. The van der Waals surface area contributed by atoms with Crippen molar-refractivity contribution in [3.8, 4) is 11.1 Å². The molecule has 2 aliphatic carbocycles. The van der Waals surface area contributed by atoms with Crippen LogP contribution in [0.2, 0.25) is 5.02 Å². The maximum Gasteiger partial charge on any atom is 0.0883 e. The first-order valence-corrected chi connectivity index (χ1v) is 20.0. The molecule has 1 aliphatic heterocycles. The Labute approximate surface area is 323 Å². The van der Waals surface area contributed by atoms with Crippen LogP contribution in [0.25, 0.3) is 16.8 Å². The molecular formula is C50H55ClN2. The summed E-state index contributed by atoms with van der Waals surface area (Å²) in [6, 6.07) is 36.7. The molecule has 1 fully saturated rings. The number of para-hydroxylation sites is 1. The third-order valence-corrected chi connectivity index (χ3v) is 13.8. The van der Waals surface area contributed by atoms with Crippen LogP contribution >= 0.6 is 11.6 Å². The van der Waals surface area contributed by atoms with Gasteiger partial charge in [0.05, 0.1) is 21.9 Å². The third-order valence-electron chi connectivity index (χ3n) is 13.4. The van der Waals surface area contributed by atoms with E-state index >= 15 is 0 Å². The van der Waals surface area contributed by atoms with Crippen molar-refractivity contribution in [2.75, 3.05) is 9.80 Å². The van der Waals surface area contributed by atoms with Crippen molar-refractivity contribution in [2.45, 2.75) is 117 Å². The predicted molar refractivity (Wildman–Crippen MR) is 229 cm³/mol. The van der Waals surface area contributed by atoms with Crippen LogP contribution in [0.4, 0.5) is 22.7 Å². The fourth-order valence-electron chi connectivity index (χ4n) is 10.2. The highest BCUT2D eigenvalue weighted by atomic mass is 35.5. The van der Waals surface area contributed by atoms with E-state index < -0.39 is 0 Å². The van der Waals surface area contributed by atoms with Gasteiger partial charge in [0.25, 0.3) is 0 Å². The highest BCUT2D eigenvalue weighted by Crippen LogP contribution is 2.62. The van der Waals surface area contributed by atoms with Crippen LogP contribution < -0.4 is 9.80 Å². The molecule has 1 heterocycles. The summed E-state index contributed by atoms with van der Waals surface area (Å²) in [7, 11) is 0. The molecule has 0 amide bonds. The van der Waals surface area contributed by atoms with E-state index in [0.29, 0.717) is 0 Å². The van der Waals surface area contributed by atoms with Gasteiger partial charge in [-0.2, -0.15) is 0 Å². The Morgan fingerprint density at radius 1 is 0.736 bits per heavy atom. The molecule has 272 valence electrons. The molecule has 0 N–H and O–H groups in total. The quantitative estimate of drug-likeness (QED) is 0.178. The second-order valence-corrected chi connectivity index (χ2v) is 18.4. The maximum atomic E-state index is 7.93. The monoisotopic (exact) mass is 718 g/mol. The van der Waals surface area contributed by atoms with Crippen LogP contribution in [-0.4, -0.2) is 5.54 Å². The number of allylic oxidation sites excluding steroid dienone is 1. The number of halogens is 1. The van der Waals surface area contributed by atoms with Gasteiger partial charge in [-0.1, -0.05) is 133 Å². The van der Waals surface area contributed by atoms with E-state index in [9.17, 15) is 0 Å². The minimum atomic E-state index is -0.0942. The standard InChI is InChI=1S/C50H55ClN2/c1-11-42(37-31-38-36-18-12-13-19-39(36)48(7,8)41(38)30-33(37)3)52(35-24-22-34(23-25-35)47(4,5)6)44-28-32(2)29-45(46(44)51)53-43-21-15-14-20-40(43)49(9)26-16-17-27-50(49,53)10/h11-15,18-25,28-31H,16-17,26-27H2,1-10H3/b42-11+. The summed E-state index contributed by atoms with van der Waals surface area (Å²) in [5.41, 5.74) is 17.4. The lowest BCUT2D eigenvalue weighted by molar-refractivity contribution is 0.195. The van der Waals surface area contributed by atoms with E-state index in [1.807, 2.05) is 0 Å². The molecule has 1 saturated carbocycles. The number of nitrogens with zero attached hydrogens (tertiary/aromatic N) is 2. The van der Waals surface area contributed by atoms with E-state index in [2.05, 4.69) is 182 Å². The molecule has 0 radical (unpaired) electrons. The second-order valence-electron chi connectivity index (χ2n) is 18.0. The molecule has 2 nitrogen and oxygen atoms in total. The predicted octanol–water partition coefficient (Wildman–Crippen LogP) is 14.5. The number of fused-ring (bicyclic) bond motifs is 6. The fraction of sp³-hybridized carbons (Fsp3) is 0.360. The summed E-state index contributed by atoms with van der Waals surface area (Å²) in [4.78, 5) is 5.05. The Balaban J connectivity index is 1.36. The first-order chi connectivity index (χ1) is 25.1. The molecule has 0 saturated heterocycles. The minimum Gasteiger partial charge on any atom is -0.333 e. The zero-order valence-corrected chi connectivity index (χ0v) is 34.2. The summed E-state index contributed by atoms with van der Waals surface area (Å²) in [6.45, 7) is 23.2. The van der Waals surface area contributed by atoms with E-state index in [1.165, 1.54) is 75.0 Å². The number of aryl methyl sites for hydroxylation is 2. The van der Waals surface area contributed by atoms with Gasteiger partial charge in [0.2, 0.25) is 0 Å². The average molecular weight is 719 g/mol. The Hall–Kier alpha value is -4.27. The number of benzene rings is 5. The zero-order valence-electron chi connectivity index (χ0n) is 33.4. The van der Waals surface area contributed by atoms with Crippen molar-refractivity contribution in [3.63, 3.8) is 0 Å². The molecule has 0 spiro atoms. The van der Waals surface area contributed by atoms with Crippen molar-refractivity contribution in [3.05, 3.63) is 147 Å². The number of hydrogen-bond donors (Lipinski definition) is 0. The fourth-order valence-corrected chi connectivity index (χ4v) is 10.5. The van der Waals surface area contributed by atoms with Crippen molar-refractivity contribution in [2.24, 2.45) is 0 Å². The highest BCUT2D eigenvalue weighted by molar-refractivity contribution is 6.36. The molecule has 3 aliphatic rings. The minimum absolute atomic E-state index is 0.0393. The van der Waals surface area contributed by atoms with Gasteiger partial charge in [-0.25, -0.2) is 0 Å². The molecule has 0 aromatic heterocycles. The summed E-state index contributed by atoms with van der Waals surface area (Å²) in [5.74, 6) is 0. The Bertz CT molecular complexity index is 2290. The van der Waals surface area contributed by atoms with Gasteiger partial charge >= 0.3 is 0 Å². The van der Waals surface area contributed by atoms with E-state index in [0.717, 1.165) is 34.2 Å². The van der Waals surface area contributed by atoms with Crippen molar-refractivity contribution < 1.29 is 0 Å². The molecule has 2 unspecified atom stereocenters. The first kappa shape index (κ1) is 35.7. The van der Waals surface area contributed by atoms with Gasteiger partial charge < -0.3 is 9.80 Å². The molecule has 5 aromatic rings. The van der Waals surface area contributed by atoms with Gasteiger partial charge in [-0.15, -0.1) is 0 Å². The smallest absolute Gasteiger partial charge is 0.0883 e. The lowest BCUT2D eigenvalue weighted by atomic mass is 9.61. The van der Waals surface area contributed by atoms with Crippen LogP contribution in [0.3, 0.4) is 0 Å². The van der Waals surface area contributed by atoms with Gasteiger partial charge in [0, 0.05) is 33.5 Å². The largest absolute Gasteiger partial charge is 0.333 e. The van der Waals surface area contributed by atoms with Crippen LogP contribution in [-0.2, 0) is 16.2 Å². The zero-order chi connectivity index (χ0) is 37.7. The molecule has 2 atom stereocenters. The Morgan fingerprint density at radius 3 is 2.09 bits per heavy atom. The van der Waals surface area contributed by atoms with Crippen molar-refractivity contribution in [1.82, 2.24) is 0 Å². The van der Waals surface area contributed by atoms with Gasteiger partial charge in [-0.05, 0) is 127 Å². The van der Waals surface area contributed by atoms with Gasteiger partial charge in [-0.3, -0.25) is 0 Å². The Morgan fingerprint density at radius 2 is 1.40 bits per heavy atom. The molecular weight excluding hydrogens is 664 g/mol. The molecule has 3 heteroatoms. The van der Waals surface area contributed by atoms with Crippen LogP contribution in [0.15, 0.2) is 103 Å². The molecule has 8 rings (SSSR count). The summed E-state index contributed by atoms with van der Waals surface area (Å²) >= 11 is 7.93. The third kappa shape index (κ3) is 5.26. The van der Waals surface area contributed by atoms with E-state index in [-0.39, 0.29) is 21.8 Å². The van der Waals surface area contributed by atoms with Gasteiger partial charge in [0.1, 0.15) is 0 Å². The van der Waals surface area contributed by atoms with Crippen molar-refractivity contribution >= 4 is 40.0 Å². The molecule has 53 heavy (non-hydrogen) atoms. The number of hydrogen-bond acceptors (Lipinski definition) is 2. The molecule has 0 bridgehead atoms. The lowest BCUT2D eigenvalue weighted by Gasteiger charge is -2.50. The first-order valence-electron chi connectivity index (χ1n) is 19.6. The Kier molecular flexibility index (Phi) is 8.35. The van der Waals surface area contributed by atoms with Crippen LogP contribution in [0.1, 0.15) is 120 Å². The second kappa shape index (κ2) is 12.4. The highest BCUT2D eigenvalue weighted by Gasteiger charge is 2.58. The lowest BCUT2D eigenvalue weighted by Crippen LogP contribution is -2.54. The maximum absolute atomic E-state index is 7.93. The number of anilines is 4. The van der Waals surface area contributed by atoms with Crippen LogP contribution in [0, 0.1) is 13.8 Å². The SMILES string of the molecule is C/C=C(\c1cc2c(cc1C)C(C)(C)c1ccccc1-2)N(c1ccc(C(C)(C)C)cc1)c1cc(C)cc(N2c3ccccc3C3(C)CCCCC23C)c1Cl. The number of rotatable bonds is 5. The normalized spacial score (nSPS) is 21.6. The van der Waals surface area contributed by atoms with Crippen LogP contribution in [0.5, 0.6) is 0 Å². The summed E-state index contributed by atoms with van der Waals surface area (Å²) in [5, 5.41) is 0.783. The van der Waals surface area contributed by atoms with Gasteiger partial charge in [0.15, 0.2) is 0 Å².